The largest absolute Gasteiger partial charge is 0.263 e. The molecule has 0 aliphatic heterocycles. The summed E-state index contributed by atoms with van der Waals surface area (Å²) in [4.78, 5) is 5.03. The van der Waals surface area contributed by atoms with Crippen molar-refractivity contribution in [3.8, 4) is 0 Å². The Balaban J connectivity index is 3.02. The molecule has 0 spiro atoms. The van der Waals surface area contributed by atoms with E-state index in [0.717, 1.165) is 16.3 Å². The van der Waals surface area contributed by atoms with E-state index in [4.69, 9.17) is 11.6 Å². The molecule has 0 saturated heterocycles. The smallest absolute Gasteiger partial charge is 0.0772 e. The van der Waals surface area contributed by atoms with Crippen LogP contribution in [0.5, 0.6) is 0 Å². The molecule has 0 radical (unpaired) electrons. The first-order chi connectivity index (χ1) is 5.77. The summed E-state index contributed by atoms with van der Waals surface area (Å²) >= 11 is 7.54. The summed E-state index contributed by atoms with van der Waals surface area (Å²) in [5, 5.41) is 0.706. The number of thioether (sulfide) groups is 1. The Bertz CT molecular complexity index is 286. The van der Waals surface area contributed by atoms with E-state index in [-0.39, 0.29) is 0 Å². The first-order valence-electron chi connectivity index (χ1n) is 3.67. The van der Waals surface area contributed by atoms with Gasteiger partial charge in [-0.05, 0) is 30.7 Å². The molecule has 0 N–H and O–H groups in total. The molecule has 64 valence electrons. The summed E-state index contributed by atoms with van der Waals surface area (Å²) in [5.41, 5.74) is 0.870. The average Bonchev–Trinajstić information content (AvgIpc) is 2.08. The number of rotatable bonds is 3. The average molecular weight is 200 g/mol. The summed E-state index contributed by atoms with van der Waals surface area (Å²) in [7, 11) is 0. The lowest BCUT2D eigenvalue weighted by atomic mass is 10.3. The van der Waals surface area contributed by atoms with Crippen LogP contribution in [0.25, 0.3) is 0 Å². The van der Waals surface area contributed by atoms with E-state index in [1.807, 2.05) is 18.2 Å². The summed E-state index contributed by atoms with van der Waals surface area (Å²) in [6.45, 7) is 5.60. The quantitative estimate of drug-likeness (QED) is 0.533. The van der Waals surface area contributed by atoms with E-state index in [9.17, 15) is 0 Å². The van der Waals surface area contributed by atoms with Crippen LogP contribution in [0.15, 0.2) is 28.1 Å². The Kier molecular flexibility index (Phi) is 3.63. The van der Waals surface area contributed by atoms with Crippen LogP contribution < -0.4 is 0 Å². The second-order valence-corrected chi connectivity index (χ2v) is 3.95. The van der Waals surface area contributed by atoms with Crippen molar-refractivity contribution in [2.45, 2.75) is 11.8 Å². The Morgan fingerprint density at radius 3 is 2.92 bits per heavy atom. The van der Waals surface area contributed by atoms with Crippen LogP contribution in [0.4, 0.5) is 5.69 Å². The van der Waals surface area contributed by atoms with Gasteiger partial charge >= 0.3 is 0 Å². The van der Waals surface area contributed by atoms with Gasteiger partial charge in [0.15, 0.2) is 0 Å². The van der Waals surface area contributed by atoms with E-state index in [2.05, 4.69) is 18.6 Å². The third-order valence-corrected chi connectivity index (χ3v) is 2.57. The zero-order chi connectivity index (χ0) is 8.97. The lowest BCUT2D eigenvalue weighted by molar-refractivity contribution is 1.37. The van der Waals surface area contributed by atoms with Gasteiger partial charge in [0, 0.05) is 9.92 Å². The van der Waals surface area contributed by atoms with Crippen LogP contribution >= 0.6 is 23.4 Å². The zero-order valence-corrected chi connectivity index (χ0v) is 8.45. The fourth-order valence-electron chi connectivity index (χ4n) is 0.892. The second-order valence-electron chi connectivity index (χ2n) is 2.20. The highest BCUT2D eigenvalue weighted by molar-refractivity contribution is 7.99. The van der Waals surface area contributed by atoms with Gasteiger partial charge in [-0.3, -0.25) is 4.99 Å². The molecule has 0 saturated carbocycles. The van der Waals surface area contributed by atoms with Crippen LogP contribution in [0, 0.1) is 0 Å². The van der Waals surface area contributed by atoms with E-state index < -0.39 is 0 Å². The Labute approximate surface area is 81.8 Å². The molecule has 1 aromatic carbocycles. The maximum atomic E-state index is 5.80. The van der Waals surface area contributed by atoms with Crippen LogP contribution in [-0.4, -0.2) is 12.5 Å². The van der Waals surface area contributed by atoms with Crippen molar-refractivity contribution in [2.75, 3.05) is 5.75 Å². The Morgan fingerprint density at radius 2 is 2.33 bits per heavy atom. The van der Waals surface area contributed by atoms with E-state index in [0.29, 0.717) is 5.02 Å². The molecule has 12 heavy (non-hydrogen) atoms. The van der Waals surface area contributed by atoms with E-state index >= 15 is 0 Å². The van der Waals surface area contributed by atoms with Crippen LogP contribution in [-0.2, 0) is 0 Å². The number of benzene rings is 1. The summed E-state index contributed by atoms with van der Waals surface area (Å²) < 4.78 is 0. The summed E-state index contributed by atoms with van der Waals surface area (Å²) in [5.74, 6) is 1.03. The van der Waals surface area contributed by atoms with Gasteiger partial charge < -0.3 is 0 Å². The first kappa shape index (κ1) is 9.62. The summed E-state index contributed by atoms with van der Waals surface area (Å²) in [6.07, 6.45) is 0. The van der Waals surface area contributed by atoms with Gasteiger partial charge in [-0.25, -0.2) is 0 Å². The van der Waals surface area contributed by atoms with E-state index in [1.165, 1.54) is 0 Å². The van der Waals surface area contributed by atoms with Crippen LogP contribution in [0.1, 0.15) is 6.92 Å². The second kappa shape index (κ2) is 4.53. The van der Waals surface area contributed by atoms with Gasteiger partial charge in [0.25, 0.3) is 0 Å². The van der Waals surface area contributed by atoms with Gasteiger partial charge in [-0.2, -0.15) is 0 Å². The minimum absolute atomic E-state index is 0.706. The molecule has 1 rings (SSSR count). The fourth-order valence-corrected chi connectivity index (χ4v) is 1.80. The van der Waals surface area contributed by atoms with Crippen molar-refractivity contribution in [1.82, 2.24) is 0 Å². The molecule has 0 amide bonds. The minimum Gasteiger partial charge on any atom is -0.263 e. The summed E-state index contributed by atoms with van der Waals surface area (Å²) in [6, 6.07) is 5.67. The maximum Gasteiger partial charge on any atom is 0.0772 e. The third-order valence-electron chi connectivity index (χ3n) is 1.39. The lowest BCUT2D eigenvalue weighted by Crippen LogP contribution is -1.74. The van der Waals surface area contributed by atoms with Gasteiger partial charge in [0.05, 0.1) is 5.69 Å². The Hall–Kier alpha value is -0.470. The highest BCUT2D eigenvalue weighted by atomic mass is 35.5. The van der Waals surface area contributed by atoms with Gasteiger partial charge in [0.2, 0.25) is 0 Å². The highest BCUT2D eigenvalue weighted by Crippen LogP contribution is 2.31. The SMILES string of the molecule is C=Nc1cc(Cl)ccc1SCC. The number of halogens is 1. The number of hydrogen-bond acceptors (Lipinski definition) is 2. The lowest BCUT2D eigenvalue weighted by Gasteiger charge is -2.02. The zero-order valence-electron chi connectivity index (χ0n) is 6.88. The standard InChI is InChI=1S/C9H10ClNS/c1-3-12-9-5-4-7(10)6-8(9)11-2/h4-6H,2-3H2,1H3. The molecule has 1 aromatic rings. The van der Waals surface area contributed by atoms with Gasteiger partial charge in [0.1, 0.15) is 0 Å². The molecule has 0 atom stereocenters. The topological polar surface area (TPSA) is 12.4 Å². The van der Waals surface area contributed by atoms with Crippen molar-refractivity contribution < 1.29 is 0 Å². The minimum atomic E-state index is 0.706. The fraction of sp³-hybridized carbons (Fsp3) is 0.222. The van der Waals surface area contributed by atoms with Crippen molar-refractivity contribution in [3.05, 3.63) is 23.2 Å². The molecule has 1 nitrogen and oxygen atoms in total. The Morgan fingerprint density at radius 1 is 1.58 bits per heavy atom. The predicted molar refractivity (Wildman–Crippen MR) is 57.1 cm³/mol. The van der Waals surface area contributed by atoms with Crippen LogP contribution in [0.2, 0.25) is 5.02 Å². The molecule has 0 bridgehead atoms. The molecule has 0 aromatic heterocycles. The van der Waals surface area contributed by atoms with Crippen molar-refractivity contribution in [3.63, 3.8) is 0 Å². The van der Waals surface area contributed by atoms with Gasteiger partial charge in [-0.15, -0.1) is 11.8 Å². The number of nitrogens with zero attached hydrogens (tertiary/aromatic N) is 1. The van der Waals surface area contributed by atoms with Crippen molar-refractivity contribution in [1.29, 1.82) is 0 Å². The van der Waals surface area contributed by atoms with Crippen LogP contribution in [0.3, 0.4) is 0 Å². The molecular weight excluding hydrogens is 190 g/mol. The van der Waals surface area contributed by atoms with E-state index in [1.54, 1.807) is 11.8 Å². The third kappa shape index (κ3) is 2.26. The molecule has 0 heterocycles. The maximum absolute atomic E-state index is 5.80. The molecule has 3 heteroatoms. The number of hydrogen-bond donors (Lipinski definition) is 0. The molecule has 0 aliphatic carbocycles. The normalized spacial score (nSPS) is 9.83. The first-order valence-corrected chi connectivity index (χ1v) is 5.03. The van der Waals surface area contributed by atoms with Crippen molar-refractivity contribution in [2.24, 2.45) is 4.99 Å². The molecular formula is C9H10ClNS. The molecule has 0 fully saturated rings. The molecule has 0 aliphatic rings. The monoisotopic (exact) mass is 199 g/mol. The number of aliphatic imine (C=N–C) groups is 1. The highest BCUT2D eigenvalue weighted by Gasteiger charge is 2.00. The van der Waals surface area contributed by atoms with Gasteiger partial charge in [-0.1, -0.05) is 18.5 Å². The molecule has 0 unspecified atom stereocenters. The van der Waals surface area contributed by atoms with Crippen molar-refractivity contribution >= 4 is 35.8 Å². The predicted octanol–water partition coefficient (Wildman–Crippen LogP) is 3.78.